The third-order valence-corrected chi connectivity index (χ3v) is 3.36. The zero-order chi connectivity index (χ0) is 14.3. The zero-order valence-corrected chi connectivity index (χ0v) is 11.7. The van der Waals surface area contributed by atoms with Crippen LogP contribution in [0.15, 0.2) is 11.4 Å². The molecule has 0 aliphatic heterocycles. The summed E-state index contributed by atoms with van der Waals surface area (Å²) in [6.07, 6.45) is 0.266. The van der Waals surface area contributed by atoms with Crippen molar-refractivity contribution in [1.29, 1.82) is 0 Å². The molecule has 5 nitrogen and oxygen atoms in total. The van der Waals surface area contributed by atoms with Gasteiger partial charge in [-0.05, 0) is 11.4 Å². The van der Waals surface area contributed by atoms with Crippen molar-refractivity contribution in [2.24, 2.45) is 0 Å². The van der Waals surface area contributed by atoms with E-state index in [0.717, 1.165) is 0 Å². The molecule has 0 aliphatic carbocycles. The number of nitrogens with one attached hydrogen (secondary N) is 1. The average Bonchev–Trinajstić information content (AvgIpc) is 2.89. The molecule has 1 heterocycles. The highest BCUT2D eigenvalue weighted by molar-refractivity contribution is 7.12. The van der Waals surface area contributed by atoms with Gasteiger partial charge in [0.2, 0.25) is 5.91 Å². The van der Waals surface area contributed by atoms with Crippen LogP contribution in [0.2, 0.25) is 0 Å². The molecule has 0 fully saturated rings. The summed E-state index contributed by atoms with van der Waals surface area (Å²) in [7, 11) is 3.21. The molecule has 0 saturated heterocycles. The van der Waals surface area contributed by atoms with Crippen molar-refractivity contribution in [2.45, 2.75) is 6.42 Å². The van der Waals surface area contributed by atoms with Crippen LogP contribution < -0.4 is 5.32 Å². The van der Waals surface area contributed by atoms with E-state index >= 15 is 0 Å². The van der Waals surface area contributed by atoms with Gasteiger partial charge in [0, 0.05) is 32.6 Å². The van der Waals surface area contributed by atoms with Gasteiger partial charge in [-0.2, -0.15) is 0 Å². The molecule has 0 aromatic carbocycles. The maximum atomic E-state index is 12.2. The van der Waals surface area contributed by atoms with Crippen LogP contribution in [-0.2, 0) is 4.79 Å². The van der Waals surface area contributed by atoms with Gasteiger partial charge in [-0.1, -0.05) is 11.8 Å². The second-order valence-corrected chi connectivity index (χ2v) is 4.69. The number of aliphatic hydroxyl groups excluding tert-OH is 1. The number of nitrogens with zero attached hydrogens (tertiary/aromatic N) is 1. The Balaban J connectivity index is 2.72. The van der Waals surface area contributed by atoms with Gasteiger partial charge < -0.3 is 15.3 Å². The normalized spacial score (nSPS) is 9.42. The molecule has 1 aromatic heterocycles. The van der Waals surface area contributed by atoms with E-state index in [1.807, 2.05) is 0 Å². The first-order valence-electron chi connectivity index (χ1n) is 5.73. The van der Waals surface area contributed by atoms with Crippen LogP contribution in [0, 0.1) is 11.8 Å². The molecule has 19 heavy (non-hydrogen) atoms. The van der Waals surface area contributed by atoms with Gasteiger partial charge in [0.25, 0.3) is 5.91 Å². The average molecular weight is 280 g/mol. The van der Waals surface area contributed by atoms with E-state index in [1.165, 1.54) is 16.2 Å². The van der Waals surface area contributed by atoms with Crippen molar-refractivity contribution < 1.29 is 14.7 Å². The number of carbonyl (C=O) groups is 2. The highest BCUT2D eigenvalue weighted by Gasteiger charge is 2.17. The summed E-state index contributed by atoms with van der Waals surface area (Å²) in [5.74, 6) is 4.99. The highest BCUT2D eigenvalue weighted by Crippen LogP contribution is 2.17. The van der Waals surface area contributed by atoms with Crippen molar-refractivity contribution >= 4 is 23.2 Å². The molecule has 0 atom stereocenters. The third kappa shape index (κ3) is 4.39. The van der Waals surface area contributed by atoms with Gasteiger partial charge in [0.15, 0.2) is 0 Å². The van der Waals surface area contributed by atoms with Crippen molar-refractivity contribution in [1.82, 2.24) is 10.2 Å². The van der Waals surface area contributed by atoms with E-state index in [4.69, 9.17) is 5.11 Å². The van der Waals surface area contributed by atoms with Gasteiger partial charge in [-0.3, -0.25) is 9.59 Å². The lowest BCUT2D eigenvalue weighted by atomic mass is 10.2. The molecule has 102 valence electrons. The van der Waals surface area contributed by atoms with E-state index in [2.05, 4.69) is 17.2 Å². The first kappa shape index (κ1) is 15.2. The second-order valence-electron chi connectivity index (χ2n) is 3.77. The van der Waals surface area contributed by atoms with Crippen molar-refractivity contribution in [3.8, 4) is 11.8 Å². The Bertz CT molecular complexity index is 513. The van der Waals surface area contributed by atoms with Crippen LogP contribution in [0.1, 0.15) is 21.7 Å². The molecule has 1 rings (SSSR count). The van der Waals surface area contributed by atoms with Crippen LogP contribution in [-0.4, -0.2) is 49.1 Å². The fourth-order valence-electron chi connectivity index (χ4n) is 1.38. The van der Waals surface area contributed by atoms with E-state index in [-0.39, 0.29) is 24.8 Å². The maximum Gasteiger partial charge on any atom is 0.264 e. The summed E-state index contributed by atoms with van der Waals surface area (Å²) in [5.41, 5.74) is 0.607. The van der Waals surface area contributed by atoms with Crippen molar-refractivity contribution in [3.05, 3.63) is 21.9 Å². The number of hydrogen-bond acceptors (Lipinski definition) is 4. The summed E-state index contributed by atoms with van der Waals surface area (Å²) in [6, 6.07) is 1.74. The molecule has 2 N–H and O–H groups in total. The third-order valence-electron chi connectivity index (χ3n) is 2.46. The Morgan fingerprint density at radius 3 is 2.89 bits per heavy atom. The Hall–Kier alpha value is -1.84. The van der Waals surface area contributed by atoms with E-state index in [9.17, 15) is 9.59 Å². The number of thiophene rings is 1. The van der Waals surface area contributed by atoms with Crippen molar-refractivity contribution in [3.63, 3.8) is 0 Å². The van der Waals surface area contributed by atoms with Crippen LogP contribution >= 0.6 is 11.3 Å². The first-order valence-corrected chi connectivity index (χ1v) is 6.61. The number of rotatable bonds is 4. The summed E-state index contributed by atoms with van der Waals surface area (Å²) >= 11 is 1.30. The number of hydrogen-bond donors (Lipinski definition) is 2. The molecule has 0 saturated carbocycles. The molecule has 0 spiro atoms. The Kier molecular flexibility index (Phi) is 6.06. The standard InChI is InChI=1S/C13H16N2O3S/c1-14-11(17)5-7-15(2)13(18)12-10(4-3-8-16)6-9-19-12/h6,9,16H,5,7-8H2,1-2H3,(H,14,17). The minimum absolute atomic E-state index is 0.105. The summed E-state index contributed by atoms with van der Waals surface area (Å²) < 4.78 is 0. The molecule has 6 heteroatoms. The predicted molar refractivity (Wildman–Crippen MR) is 73.9 cm³/mol. The second kappa shape index (κ2) is 7.56. The minimum atomic E-state index is -0.240. The van der Waals surface area contributed by atoms with Gasteiger partial charge in [0.1, 0.15) is 11.5 Å². The van der Waals surface area contributed by atoms with Gasteiger partial charge in [-0.25, -0.2) is 0 Å². The van der Waals surface area contributed by atoms with Crippen LogP contribution in [0.25, 0.3) is 0 Å². The molecular formula is C13H16N2O3S. The topological polar surface area (TPSA) is 69.6 Å². The van der Waals surface area contributed by atoms with Gasteiger partial charge in [-0.15, -0.1) is 11.3 Å². The molecule has 0 unspecified atom stereocenters. The molecule has 0 bridgehead atoms. The van der Waals surface area contributed by atoms with E-state index in [1.54, 1.807) is 25.5 Å². The van der Waals surface area contributed by atoms with Crippen LogP contribution in [0.4, 0.5) is 0 Å². The monoisotopic (exact) mass is 280 g/mol. The van der Waals surface area contributed by atoms with Crippen LogP contribution in [0.5, 0.6) is 0 Å². The van der Waals surface area contributed by atoms with Crippen molar-refractivity contribution in [2.75, 3.05) is 27.2 Å². The molecule has 2 amide bonds. The Morgan fingerprint density at radius 1 is 1.53 bits per heavy atom. The summed E-state index contributed by atoms with van der Waals surface area (Å²) in [6.45, 7) is 0.110. The zero-order valence-electron chi connectivity index (χ0n) is 10.9. The molecule has 1 aromatic rings. The molecular weight excluding hydrogens is 264 g/mol. The summed E-state index contributed by atoms with van der Waals surface area (Å²) in [5, 5.41) is 13.0. The largest absolute Gasteiger partial charge is 0.384 e. The maximum absolute atomic E-state index is 12.2. The first-order chi connectivity index (χ1) is 9.10. The van der Waals surface area contributed by atoms with Crippen LogP contribution in [0.3, 0.4) is 0 Å². The lowest BCUT2D eigenvalue weighted by Crippen LogP contribution is -2.31. The van der Waals surface area contributed by atoms with E-state index in [0.29, 0.717) is 17.0 Å². The van der Waals surface area contributed by atoms with Gasteiger partial charge >= 0.3 is 0 Å². The number of carbonyl (C=O) groups excluding carboxylic acids is 2. The fraction of sp³-hybridized carbons (Fsp3) is 0.385. The summed E-state index contributed by atoms with van der Waals surface area (Å²) in [4.78, 5) is 25.3. The SMILES string of the molecule is CNC(=O)CCN(C)C(=O)c1sccc1C#CCO. The lowest BCUT2D eigenvalue weighted by molar-refractivity contribution is -0.120. The highest BCUT2D eigenvalue weighted by atomic mass is 32.1. The number of aliphatic hydroxyl groups is 1. The quantitative estimate of drug-likeness (QED) is 0.779. The number of amides is 2. The Labute approximate surface area is 116 Å². The molecule has 0 aliphatic rings. The smallest absolute Gasteiger partial charge is 0.264 e. The minimum Gasteiger partial charge on any atom is -0.384 e. The van der Waals surface area contributed by atoms with Gasteiger partial charge in [0.05, 0.1) is 0 Å². The van der Waals surface area contributed by atoms with E-state index < -0.39 is 0 Å². The lowest BCUT2D eigenvalue weighted by Gasteiger charge is -2.15. The fourth-order valence-corrected chi connectivity index (χ4v) is 2.22. The Morgan fingerprint density at radius 2 is 2.26 bits per heavy atom. The molecule has 0 radical (unpaired) electrons. The predicted octanol–water partition coefficient (Wildman–Crippen LogP) is 0.300.